The fraction of sp³-hybridized carbons (Fsp3) is 0.172. The standard InChI is InChI=1S/C29H25N3O/c1-18-9-15-22-23-17-19(10-16-26(23)33-28(22)30-18)27-31-24-7-5-6-8-25(24)32(27)21-13-11-20(12-14-21)29(2,3)4/h5-17H,1-4H3. The first-order valence-electron chi connectivity index (χ1n) is 11.3. The third-order valence-corrected chi connectivity index (χ3v) is 6.29. The van der Waals surface area contributed by atoms with Gasteiger partial charge in [0, 0.05) is 27.7 Å². The molecule has 33 heavy (non-hydrogen) atoms. The number of pyridine rings is 1. The Kier molecular flexibility index (Phi) is 4.21. The molecule has 0 atom stereocenters. The minimum atomic E-state index is 0.109. The van der Waals surface area contributed by atoms with Gasteiger partial charge in [0.1, 0.15) is 11.4 Å². The van der Waals surface area contributed by atoms with Gasteiger partial charge in [-0.15, -0.1) is 0 Å². The van der Waals surface area contributed by atoms with Crippen LogP contribution in [0, 0.1) is 6.92 Å². The average molecular weight is 432 g/mol. The molecule has 4 heteroatoms. The summed E-state index contributed by atoms with van der Waals surface area (Å²) in [5.41, 5.74) is 8.08. The first kappa shape index (κ1) is 19.7. The first-order valence-corrected chi connectivity index (χ1v) is 11.3. The Morgan fingerprint density at radius 2 is 1.58 bits per heavy atom. The second-order valence-corrected chi connectivity index (χ2v) is 9.67. The zero-order valence-corrected chi connectivity index (χ0v) is 19.3. The van der Waals surface area contributed by atoms with Gasteiger partial charge in [-0.25, -0.2) is 9.97 Å². The van der Waals surface area contributed by atoms with Gasteiger partial charge in [0.05, 0.1) is 11.0 Å². The van der Waals surface area contributed by atoms with Gasteiger partial charge in [-0.2, -0.15) is 0 Å². The lowest BCUT2D eigenvalue weighted by molar-refractivity contribution is 0.590. The van der Waals surface area contributed by atoms with Crippen LogP contribution in [0.15, 0.2) is 83.3 Å². The Bertz CT molecular complexity index is 1650. The number of benzene rings is 3. The molecule has 162 valence electrons. The first-order chi connectivity index (χ1) is 15.9. The quantitative estimate of drug-likeness (QED) is 0.284. The molecule has 0 N–H and O–H groups in total. The molecular weight excluding hydrogens is 406 g/mol. The van der Waals surface area contributed by atoms with Crippen molar-refractivity contribution in [2.24, 2.45) is 0 Å². The van der Waals surface area contributed by atoms with E-state index in [-0.39, 0.29) is 5.41 Å². The van der Waals surface area contributed by atoms with Crippen molar-refractivity contribution < 1.29 is 4.42 Å². The van der Waals surface area contributed by atoms with Gasteiger partial charge in [0.15, 0.2) is 0 Å². The van der Waals surface area contributed by atoms with Crippen LogP contribution in [0.2, 0.25) is 0 Å². The van der Waals surface area contributed by atoms with E-state index in [1.807, 2.05) is 25.1 Å². The summed E-state index contributed by atoms with van der Waals surface area (Å²) in [6.45, 7) is 8.69. The maximum atomic E-state index is 6.00. The largest absolute Gasteiger partial charge is 0.438 e. The number of hydrogen-bond acceptors (Lipinski definition) is 3. The predicted octanol–water partition coefficient (Wildman–Crippen LogP) is 7.59. The van der Waals surface area contributed by atoms with Crippen molar-refractivity contribution in [3.05, 3.63) is 90.1 Å². The molecule has 0 aliphatic rings. The van der Waals surface area contributed by atoms with Gasteiger partial charge >= 0.3 is 0 Å². The molecule has 0 amide bonds. The van der Waals surface area contributed by atoms with Gasteiger partial charge in [-0.3, -0.25) is 4.57 Å². The summed E-state index contributed by atoms with van der Waals surface area (Å²) in [5, 5.41) is 2.08. The fourth-order valence-electron chi connectivity index (χ4n) is 4.48. The number of aryl methyl sites for hydroxylation is 1. The van der Waals surface area contributed by atoms with Crippen molar-refractivity contribution in [2.45, 2.75) is 33.1 Å². The van der Waals surface area contributed by atoms with E-state index in [9.17, 15) is 0 Å². The molecule has 0 fully saturated rings. The van der Waals surface area contributed by atoms with Crippen LogP contribution in [0.25, 0.3) is 50.2 Å². The van der Waals surface area contributed by atoms with Crippen LogP contribution >= 0.6 is 0 Å². The predicted molar refractivity (Wildman–Crippen MR) is 135 cm³/mol. The van der Waals surface area contributed by atoms with E-state index in [4.69, 9.17) is 9.40 Å². The van der Waals surface area contributed by atoms with Crippen LogP contribution in [0.4, 0.5) is 0 Å². The maximum Gasteiger partial charge on any atom is 0.227 e. The van der Waals surface area contributed by atoms with Crippen molar-refractivity contribution in [2.75, 3.05) is 0 Å². The highest BCUT2D eigenvalue weighted by Crippen LogP contribution is 2.34. The van der Waals surface area contributed by atoms with E-state index in [0.717, 1.165) is 50.2 Å². The number of fused-ring (bicyclic) bond motifs is 4. The van der Waals surface area contributed by atoms with E-state index < -0.39 is 0 Å². The molecule has 0 saturated heterocycles. The van der Waals surface area contributed by atoms with Crippen LogP contribution in [0.3, 0.4) is 0 Å². The van der Waals surface area contributed by atoms with Gasteiger partial charge in [-0.1, -0.05) is 45.0 Å². The number of nitrogens with zero attached hydrogens (tertiary/aromatic N) is 3. The molecule has 6 aromatic rings. The summed E-state index contributed by atoms with van der Waals surface area (Å²) in [6, 6.07) is 27.5. The van der Waals surface area contributed by atoms with E-state index in [0.29, 0.717) is 5.71 Å². The summed E-state index contributed by atoms with van der Waals surface area (Å²) in [6.07, 6.45) is 0. The molecule has 0 bridgehead atoms. The summed E-state index contributed by atoms with van der Waals surface area (Å²) in [5.74, 6) is 0.913. The highest BCUT2D eigenvalue weighted by Gasteiger charge is 2.18. The molecule has 0 unspecified atom stereocenters. The summed E-state index contributed by atoms with van der Waals surface area (Å²) in [7, 11) is 0. The second kappa shape index (κ2) is 7.04. The second-order valence-electron chi connectivity index (χ2n) is 9.67. The molecule has 3 aromatic heterocycles. The molecule has 0 radical (unpaired) electrons. The highest BCUT2D eigenvalue weighted by atomic mass is 16.3. The summed E-state index contributed by atoms with van der Waals surface area (Å²) < 4.78 is 8.25. The number of imidazole rings is 1. The van der Waals surface area contributed by atoms with Crippen LogP contribution in [-0.2, 0) is 5.41 Å². The average Bonchev–Trinajstić information content (AvgIpc) is 3.36. The Balaban J connectivity index is 1.58. The van der Waals surface area contributed by atoms with Gasteiger partial charge in [0.2, 0.25) is 5.71 Å². The van der Waals surface area contributed by atoms with Crippen molar-refractivity contribution in [1.29, 1.82) is 0 Å². The van der Waals surface area contributed by atoms with E-state index in [1.165, 1.54) is 5.56 Å². The van der Waals surface area contributed by atoms with Gasteiger partial charge < -0.3 is 4.42 Å². The minimum absolute atomic E-state index is 0.109. The van der Waals surface area contributed by atoms with Crippen molar-refractivity contribution >= 4 is 33.1 Å². The van der Waals surface area contributed by atoms with Crippen LogP contribution in [0.1, 0.15) is 32.0 Å². The third kappa shape index (κ3) is 3.21. The van der Waals surface area contributed by atoms with Gasteiger partial charge in [-0.05, 0) is 72.5 Å². The monoisotopic (exact) mass is 431 g/mol. The van der Waals surface area contributed by atoms with Crippen molar-refractivity contribution in [3.8, 4) is 17.1 Å². The van der Waals surface area contributed by atoms with E-state index >= 15 is 0 Å². The zero-order valence-electron chi connectivity index (χ0n) is 19.3. The van der Waals surface area contributed by atoms with Crippen LogP contribution in [0.5, 0.6) is 0 Å². The van der Waals surface area contributed by atoms with Gasteiger partial charge in [0.25, 0.3) is 0 Å². The molecule has 6 rings (SSSR count). The lowest BCUT2D eigenvalue weighted by Gasteiger charge is -2.19. The molecule has 4 nitrogen and oxygen atoms in total. The molecule has 0 spiro atoms. The number of hydrogen-bond donors (Lipinski definition) is 0. The minimum Gasteiger partial charge on any atom is -0.438 e. The summed E-state index contributed by atoms with van der Waals surface area (Å²) >= 11 is 0. The Morgan fingerprint density at radius 3 is 2.36 bits per heavy atom. The SMILES string of the molecule is Cc1ccc2c(n1)oc1ccc(-c3nc4ccccc4n3-c3ccc(C(C)(C)C)cc3)cc12. The number of para-hydroxylation sites is 2. The lowest BCUT2D eigenvalue weighted by atomic mass is 9.87. The third-order valence-electron chi connectivity index (χ3n) is 6.29. The lowest BCUT2D eigenvalue weighted by Crippen LogP contribution is -2.11. The number of aromatic nitrogens is 3. The van der Waals surface area contributed by atoms with E-state index in [2.05, 4.69) is 91.0 Å². The molecule has 0 aliphatic carbocycles. The molecule has 0 aliphatic heterocycles. The topological polar surface area (TPSA) is 43.9 Å². The highest BCUT2D eigenvalue weighted by molar-refractivity contribution is 6.05. The molecular formula is C29H25N3O. The fourth-order valence-corrected chi connectivity index (χ4v) is 4.48. The summed E-state index contributed by atoms with van der Waals surface area (Å²) in [4.78, 5) is 9.59. The smallest absolute Gasteiger partial charge is 0.227 e. The van der Waals surface area contributed by atoms with Crippen molar-refractivity contribution in [3.63, 3.8) is 0 Å². The molecule has 3 heterocycles. The van der Waals surface area contributed by atoms with Crippen LogP contribution in [-0.4, -0.2) is 14.5 Å². The maximum absolute atomic E-state index is 6.00. The zero-order chi connectivity index (χ0) is 22.7. The molecule has 3 aromatic carbocycles. The Labute approximate surface area is 192 Å². The van der Waals surface area contributed by atoms with Crippen molar-refractivity contribution in [1.82, 2.24) is 14.5 Å². The number of rotatable bonds is 2. The van der Waals surface area contributed by atoms with Crippen LogP contribution < -0.4 is 0 Å². The number of furan rings is 1. The van der Waals surface area contributed by atoms with E-state index in [1.54, 1.807) is 0 Å². The Morgan fingerprint density at radius 1 is 0.788 bits per heavy atom. The molecule has 0 saturated carbocycles. The Hall–Kier alpha value is -3.92. The normalized spacial score (nSPS) is 12.2.